The number of ether oxygens (including phenoxy) is 2. The lowest BCUT2D eigenvalue weighted by Crippen LogP contribution is -2.24. The number of rotatable bonds is 7. The molecule has 0 fully saturated rings. The smallest absolute Gasteiger partial charge is 0.275 e. The number of halogens is 5. The second kappa shape index (κ2) is 11.5. The van der Waals surface area contributed by atoms with Crippen LogP contribution < -0.4 is 14.8 Å². The number of nitrogens with zero attached hydrogens (tertiary/aromatic N) is 3. The first kappa shape index (κ1) is 29.1. The molecule has 1 aliphatic heterocycles. The molecule has 42 heavy (non-hydrogen) atoms. The number of carbonyl (C=O) groups is 1. The Morgan fingerprint density at radius 1 is 1.14 bits per heavy atom. The number of alkyl halides is 4. The van der Waals surface area contributed by atoms with Gasteiger partial charge in [-0.15, -0.1) is 0 Å². The fourth-order valence-electron chi connectivity index (χ4n) is 4.26. The van der Waals surface area contributed by atoms with Crippen LogP contribution in [0.25, 0.3) is 22.2 Å². The summed E-state index contributed by atoms with van der Waals surface area (Å²) in [6, 6.07) is 8.97. The first-order valence-corrected chi connectivity index (χ1v) is 13.9. The van der Waals surface area contributed by atoms with Gasteiger partial charge in [-0.05, 0) is 42.5 Å². The molecule has 1 amide bonds. The molecule has 0 saturated heterocycles. The zero-order chi connectivity index (χ0) is 30.2. The van der Waals surface area contributed by atoms with Gasteiger partial charge in [-0.3, -0.25) is 9.78 Å². The lowest BCUT2D eigenvalue weighted by Gasteiger charge is -2.12. The second-order valence-electron chi connectivity index (χ2n) is 9.15. The van der Waals surface area contributed by atoms with Crippen LogP contribution in [0.2, 0.25) is 0 Å². The molecule has 0 unspecified atom stereocenters. The van der Waals surface area contributed by atoms with E-state index in [1.54, 1.807) is 18.2 Å². The monoisotopic (exact) mass is 608 g/mol. The van der Waals surface area contributed by atoms with Crippen molar-refractivity contribution in [1.82, 2.24) is 20.3 Å². The van der Waals surface area contributed by atoms with Gasteiger partial charge in [0.25, 0.3) is 12.3 Å². The Morgan fingerprint density at radius 3 is 2.67 bits per heavy atom. The van der Waals surface area contributed by atoms with Crippen LogP contribution in [-0.2, 0) is 16.4 Å². The molecule has 5 rings (SSSR count). The van der Waals surface area contributed by atoms with Crippen molar-refractivity contribution in [2.24, 2.45) is 0 Å². The van der Waals surface area contributed by atoms with Crippen molar-refractivity contribution in [3.8, 4) is 22.9 Å². The van der Waals surface area contributed by atoms with Crippen LogP contribution in [-0.4, -0.2) is 54.9 Å². The molecule has 0 saturated carbocycles. The van der Waals surface area contributed by atoms with Crippen molar-refractivity contribution in [3.05, 3.63) is 71.4 Å². The number of hydrogen-bond acceptors (Lipinski definition) is 8. The number of carbonyl (C=O) groups excluding carboxylic acids is 1. The van der Waals surface area contributed by atoms with E-state index in [2.05, 4.69) is 20.3 Å². The van der Waals surface area contributed by atoms with E-state index in [9.17, 15) is 35.2 Å². The molecule has 0 aliphatic carbocycles. The molecule has 1 aromatic carbocycles. The van der Waals surface area contributed by atoms with Crippen molar-refractivity contribution in [1.29, 1.82) is 0 Å². The number of pyridine rings is 3. The summed E-state index contributed by atoms with van der Waals surface area (Å²) in [4.78, 5) is 24.6. The summed E-state index contributed by atoms with van der Waals surface area (Å²) in [6.07, 6.45) is -4.83. The Kier molecular flexibility index (Phi) is 7.95. The van der Waals surface area contributed by atoms with E-state index in [1.165, 1.54) is 19.4 Å². The lowest BCUT2D eigenvalue weighted by atomic mass is 10.1. The van der Waals surface area contributed by atoms with E-state index < -0.39 is 62.4 Å². The molecule has 1 aliphatic rings. The molecule has 9 nitrogen and oxygen atoms in total. The van der Waals surface area contributed by atoms with Gasteiger partial charge in [0, 0.05) is 23.6 Å². The molecule has 15 heteroatoms. The van der Waals surface area contributed by atoms with Crippen LogP contribution >= 0.6 is 0 Å². The number of sulfone groups is 1. The molecular formula is C27H21F5N4O5S. The summed E-state index contributed by atoms with van der Waals surface area (Å²) < 4.78 is 103. The van der Waals surface area contributed by atoms with Crippen molar-refractivity contribution in [3.63, 3.8) is 0 Å². The maximum Gasteiger partial charge on any atom is 0.275 e. The number of amides is 1. The SMILES string of the molecule is COc1nc([C@@H](F)C(F)F)ccc1-c1ccc2cnc(CNC(=O)c3cc(F)c4c(c3)S(=O)(=O)[C@@H](F)CCO4)cc2n1. The van der Waals surface area contributed by atoms with E-state index in [-0.39, 0.29) is 24.6 Å². The zero-order valence-electron chi connectivity index (χ0n) is 21.7. The highest BCUT2D eigenvalue weighted by molar-refractivity contribution is 7.92. The van der Waals surface area contributed by atoms with Gasteiger partial charge in [-0.25, -0.2) is 40.3 Å². The van der Waals surface area contributed by atoms with Gasteiger partial charge in [0.15, 0.2) is 11.6 Å². The Labute approximate surface area is 235 Å². The van der Waals surface area contributed by atoms with Gasteiger partial charge in [0.2, 0.25) is 27.4 Å². The van der Waals surface area contributed by atoms with E-state index in [4.69, 9.17) is 9.47 Å². The highest BCUT2D eigenvalue weighted by Gasteiger charge is 2.35. The van der Waals surface area contributed by atoms with Crippen LogP contribution in [0.3, 0.4) is 0 Å². The molecule has 220 valence electrons. The summed E-state index contributed by atoms with van der Waals surface area (Å²) in [6.45, 7) is -0.510. The van der Waals surface area contributed by atoms with E-state index in [0.717, 1.165) is 18.2 Å². The van der Waals surface area contributed by atoms with Crippen LogP contribution in [0.15, 0.2) is 53.6 Å². The Balaban J connectivity index is 1.38. The van der Waals surface area contributed by atoms with Crippen LogP contribution in [0, 0.1) is 5.82 Å². The normalized spacial score (nSPS) is 16.8. The molecule has 0 spiro atoms. The predicted octanol–water partition coefficient (Wildman–Crippen LogP) is 4.90. The fraction of sp³-hybridized carbons (Fsp3) is 0.259. The summed E-state index contributed by atoms with van der Waals surface area (Å²) in [5.41, 5.74) is -1.76. The minimum Gasteiger partial charge on any atom is -0.489 e. The van der Waals surface area contributed by atoms with E-state index in [1.807, 2.05) is 0 Å². The summed E-state index contributed by atoms with van der Waals surface area (Å²) in [5, 5.41) is 3.12. The summed E-state index contributed by atoms with van der Waals surface area (Å²) >= 11 is 0. The van der Waals surface area contributed by atoms with E-state index in [0.29, 0.717) is 27.9 Å². The third-order valence-corrected chi connectivity index (χ3v) is 8.25. The van der Waals surface area contributed by atoms with Gasteiger partial charge in [0.05, 0.1) is 48.4 Å². The number of methoxy groups -OCH3 is 1. The number of nitrogens with one attached hydrogen (secondary N) is 1. The topological polar surface area (TPSA) is 120 Å². The second-order valence-corrected chi connectivity index (χ2v) is 11.2. The largest absolute Gasteiger partial charge is 0.489 e. The van der Waals surface area contributed by atoms with E-state index >= 15 is 0 Å². The van der Waals surface area contributed by atoms with Crippen molar-refractivity contribution in [2.75, 3.05) is 13.7 Å². The first-order valence-electron chi connectivity index (χ1n) is 12.3. The van der Waals surface area contributed by atoms with Gasteiger partial charge in [0.1, 0.15) is 4.90 Å². The predicted molar refractivity (Wildman–Crippen MR) is 139 cm³/mol. The fourth-order valence-corrected chi connectivity index (χ4v) is 5.65. The Bertz CT molecular complexity index is 1790. The Hall–Kier alpha value is -4.40. The summed E-state index contributed by atoms with van der Waals surface area (Å²) in [5.74, 6) is -2.71. The lowest BCUT2D eigenvalue weighted by molar-refractivity contribution is 0.0470. The quantitative estimate of drug-likeness (QED) is 0.295. The number of aromatic nitrogens is 3. The molecule has 0 radical (unpaired) electrons. The van der Waals surface area contributed by atoms with Crippen LogP contribution in [0.4, 0.5) is 22.0 Å². The first-order chi connectivity index (χ1) is 20.0. The maximum atomic E-state index is 14.6. The molecule has 2 atom stereocenters. The maximum absolute atomic E-state index is 14.6. The van der Waals surface area contributed by atoms with Crippen molar-refractivity contribution in [2.45, 2.75) is 36.0 Å². The minimum absolute atomic E-state index is 0.108. The standard InChI is InChI=1S/C27H21F5N4O5S/c1-40-27-16(3-5-19(36-27)23(30)25(31)32)18-4-2-13-11-33-15(10-20(13)35-18)12-34-26(37)14-8-17(28)24-21(9-14)42(38,39)22(29)6-7-41-24/h2-5,8-11,22-23,25H,6-7,12H2,1H3,(H,34,37)/t22-,23-/m1/s1. The number of hydrogen-bond donors (Lipinski definition) is 1. The molecule has 1 N–H and O–H groups in total. The molecule has 0 bridgehead atoms. The zero-order valence-corrected chi connectivity index (χ0v) is 22.5. The molecule has 4 heterocycles. The number of fused-ring (bicyclic) bond motifs is 2. The Morgan fingerprint density at radius 2 is 1.93 bits per heavy atom. The van der Waals surface area contributed by atoms with Crippen molar-refractivity contribution < 1.29 is 44.6 Å². The number of benzene rings is 1. The van der Waals surface area contributed by atoms with Gasteiger partial charge < -0.3 is 14.8 Å². The van der Waals surface area contributed by atoms with Gasteiger partial charge >= 0.3 is 0 Å². The highest BCUT2D eigenvalue weighted by Crippen LogP contribution is 2.36. The molecular weight excluding hydrogens is 587 g/mol. The van der Waals surface area contributed by atoms with Gasteiger partial charge in [-0.1, -0.05) is 0 Å². The highest BCUT2D eigenvalue weighted by atomic mass is 32.2. The third kappa shape index (κ3) is 5.55. The summed E-state index contributed by atoms with van der Waals surface area (Å²) in [7, 11) is -3.31. The van der Waals surface area contributed by atoms with Crippen molar-refractivity contribution >= 4 is 26.6 Å². The average molecular weight is 609 g/mol. The van der Waals surface area contributed by atoms with Gasteiger partial charge in [-0.2, -0.15) is 0 Å². The van der Waals surface area contributed by atoms with Crippen LogP contribution in [0.1, 0.15) is 34.3 Å². The third-order valence-electron chi connectivity index (χ3n) is 6.42. The molecule has 3 aromatic heterocycles. The van der Waals surface area contributed by atoms with Crippen LogP contribution in [0.5, 0.6) is 11.6 Å². The average Bonchev–Trinajstić information content (AvgIpc) is 3.09. The molecule has 4 aromatic rings. The minimum atomic E-state index is -4.57.